The first-order valence-electron chi connectivity index (χ1n) is 8.42. The highest BCUT2D eigenvalue weighted by Gasteiger charge is 2.20. The van der Waals surface area contributed by atoms with Crippen molar-refractivity contribution in [3.8, 4) is 0 Å². The van der Waals surface area contributed by atoms with E-state index in [1.807, 2.05) is 18.4 Å². The van der Waals surface area contributed by atoms with Gasteiger partial charge < -0.3 is 9.80 Å². The van der Waals surface area contributed by atoms with Gasteiger partial charge in [-0.05, 0) is 44.7 Å². The Morgan fingerprint density at radius 1 is 1.12 bits per heavy atom. The zero-order valence-corrected chi connectivity index (χ0v) is 14.6. The minimum absolute atomic E-state index is 0. The number of fused-ring (bicyclic) bond motifs is 3. The van der Waals surface area contributed by atoms with Crippen molar-refractivity contribution >= 4 is 27.9 Å². The summed E-state index contributed by atoms with van der Waals surface area (Å²) in [5, 5.41) is 5.84. The van der Waals surface area contributed by atoms with Crippen LogP contribution in [0.15, 0.2) is 30.8 Å². The molecule has 0 atom stereocenters. The molecule has 3 aromatic rings. The number of allylic oxidation sites excluding steroid dienone is 1. The van der Waals surface area contributed by atoms with Gasteiger partial charge >= 0.3 is 0 Å². The SMILES string of the molecule is C.C=C(C)c1ccc2nc(N3CCN(C)CC3)n3nc(C)cc3c2c1. The van der Waals surface area contributed by atoms with Crippen LogP contribution >= 0.6 is 0 Å². The van der Waals surface area contributed by atoms with E-state index in [9.17, 15) is 0 Å². The molecule has 0 unspecified atom stereocenters. The molecule has 1 aliphatic rings. The zero-order valence-electron chi connectivity index (χ0n) is 14.6. The van der Waals surface area contributed by atoms with Crippen molar-refractivity contribution in [1.82, 2.24) is 19.5 Å². The smallest absolute Gasteiger partial charge is 0.227 e. The Labute approximate surface area is 149 Å². The molecule has 3 heterocycles. The fourth-order valence-corrected chi connectivity index (χ4v) is 3.31. The van der Waals surface area contributed by atoms with E-state index in [0.29, 0.717) is 0 Å². The quantitative estimate of drug-likeness (QED) is 0.716. The molecule has 0 saturated carbocycles. The highest BCUT2D eigenvalue weighted by Crippen LogP contribution is 2.27. The number of likely N-dealkylation sites (N-methyl/N-ethyl adjacent to an activating group) is 1. The zero-order chi connectivity index (χ0) is 16.8. The maximum atomic E-state index is 4.94. The molecule has 0 radical (unpaired) electrons. The maximum Gasteiger partial charge on any atom is 0.227 e. The predicted molar refractivity (Wildman–Crippen MR) is 106 cm³/mol. The third-order valence-corrected chi connectivity index (χ3v) is 4.79. The lowest BCUT2D eigenvalue weighted by Gasteiger charge is -2.33. The van der Waals surface area contributed by atoms with Gasteiger partial charge in [-0.25, -0.2) is 4.98 Å². The Kier molecular flexibility index (Phi) is 4.52. The number of rotatable bonds is 2. The van der Waals surface area contributed by atoms with E-state index in [0.717, 1.165) is 65.4 Å². The number of hydrogen-bond acceptors (Lipinski definition) is 4. The first-order valence-corrected chi connectivity index (χ1v) is 8.42. The van der Waals surface area contributed by atoms with Gasteiger partial charge in [0.25, 0.3) is 0 Å². The molecule has 2 aromatic heterocycles. The van der Waals surface area contributed by atoms with Crippen LogP contribution in [0.3, 0.4) is 0 Å². The van der Waals surface area contributed by atoms with Crippen LogP contribution in [0.1, 0.15) is 25.6 Å². The molecule has 0 bridgehead atoms. The lowest BCUT2D eigenvalue weighted by molar-refractivity contribution is 0.310. The van der Waals surface area contributed by atoms with Crippen molar-refractivity contribution in [1.29, 1.82) is 0 Å². The summed E-state index contributed by atoms with van der Waals surface area (Å²) in [7, 11) is 2.16. The summed E-state index contributed by atoms with van der Waals surface area (Å²) >= 11 is 0. The second-order valence-electron chi connectivity index (χ2n) is 6.80. The molecule has 0 amide bonds. The molecule has 0 N–H and O–H groups in total. The van der Waals surface area contributed by atoms with E-state index in [1.165, 1.54) is 0 Å². The fraction of sp³-hybridized carbons (Fsp3) is 0.400. The van der Waals surface area contributed by atoms with E-state index >= 15 is 0 Å². The largest absolute Gasteiger partial charge is 0.338 e. The molecule has 1 aromatic carbocycles. The molecule has 0 aliphatic carbocycles. The van der Waals surface area contributed by atoms with Gasteiger partial charge in [0, 0.05) is 31.6 Å². The van der Waals surface area contributed by atoms with Gasteiger partial charge in [0.2, 0.25) is 5.95 Å². The number of benzene rings is 1. The van der Waals surface area contributed by atoms with Gasteiger partial charge in [-0.3, -0.25) is 0 Å². The van der Waals surface area contributed by atoms with E-state index in [2.05, 4.69) is 47.7 Å². The van der Waals surface area contributed by atoms with Gasteiger partial charge in [0.1, 0.15) is 0 Å². The number of hydrogen-bond donors (Lipinski definition) is 0. The first kappa shape index (κ1) is 17.4. The van der Waals surface area contributed by atoms with Crippen molar-refractivity contribution < 1.29 is 0 Å². The van der Waals surface area contributed by atoms with Crippen LogP contribution in [0.4, 0.5) is 5.95 Å². The summed E-state index contributed by atoms with van der Waals surface area (Å²) in [6.07, 6.45) is 0. The molecule has 1 saturated heterocycles. The van der Waals surface area contributed by atoms with Crippen LogP contribution in [-0.2, 0) is 0 Å². The van der Waals surface area contributed by atoms with E-state index in [1.54, 1.807) is 0 Å². The molecular formula is C20H27N5. The summed E-state index contributed by atoms with van der Waals surface area (Å²) in [6.45, 7) is 12.2. The molecule has 5 heteroatoms. The monoisotopic (exact) mass is 337 g/mol. The van der Waals surface area contributed by atoms with Crippen LogP contribution in [0, 0.1) is 6.92 Å². The topological polar surface area (TPSA) is 36.7 Å². The second-order valence-corrected chi connectivity index (χ2v) is 6.80. The predicted octanol–water partition coefficient (Wildman–Crippen LogP) is 3.61. The normalized spacial score (nSPS) is 15.6. The van der Waals surface area contributed by atoms with Gasteiger partial charge in [-0.15, -0.1) is 0 Å². The molecule has 1 aliphatic heterocycles. The van der Waals surface area contributed by atoms with Crippen molar-refractivity contribution in [3.63, 3.8) is 0 Å². The average molecular weight is 337 g/mol. The van der Waals surface area contributed by atoms with E-state index in [4.69, 9.17) is 10.1 Å². The van der Waals surface area contributed by atoms with Gasteiger partial charge in [0.05, 0.1) is 16.7 Å². The highest BCUT2D eigenvalue weighted by atomic mass is 15.4. The number of anilines is 1. The Morgan fingerprint density at radius 2 is 1.84 bits per heavy atom. The average Bonchev–Trinajstić information content (AvgIpc) is 2.96. The molecule has 132 valence electrons. The van der Waals surface area contributed by atoms with Crippen molar-refractivity contribution in [2.45, 2.75) is 21.3 Å². The van der Waals surface area contributed by atoms with Crippen LogP contribution in [0.2, 0.25) is 0 Å². The number of nitrogens with zero attached hydrogens (tertiary/aromatic N) is 5. The van der Waals surface area contributed by atoms with E-state index in [-0.39, 0.29) is 7.43 Å². The second kappa shape index (κ2) is 6.48. The molecule has 25 heavy (non-hydrogen) atoms. The van der Waals surface area contributed by atoms with Crippen LogP contribution < -0.4 is 4.90 Å². The van der Waals surface area contributed by atoms with Gasteiger partial charge in [-0.2, -0.15) is 9.61 Å². The maximum absolute atomic E-state index is 4.94. The Bertz CT molecular complexity index is 932. The minimum Gasteiger partial charge on any atom is -0.338 e. The van der Waals surface area contributed by atoms with Gasteiger partial charge in [-0.1, -0.05) is 25.6 Å². The summed E-state index contributed by atoms with van der Waals surface area (Å²) in [6, 6.07) is 8.52. The molecule has 4 rings (SSSR count). The standard InChI is InChI=1S/C19H23N5.CH4/c1-13(2)15-5-6-17-16(12-15)18-11-14(3)21-24(18)19(20-17)23-9-7-22(4)8-10-23;/h5-6,11-12H,1,7-10H2,2-4H3;1H4. The molecule has 0 spiro atoms. The lowest BCUT2D eigenvalue weighted by Crippen LogP contribution is -2.45. The molecular weight excluding hydrogens is 310 g/mol. The summed E-state index contributed by atoms with van der Waals surface area (Å²) < 4.78 is 2.01. The van der Waals surface area contributed by atoms with Crippen molar-refractivity contribution in [3.05, 3.63) is 42.1 Å². The number of aromatic nitrogens is 3. The highest BCUT2D eigenvalue weighted by molar-refractivity contribution is 5.96. The Morgan fingerprint density at radius 3 is 2.52 bits per heavy atom. The lowest BCUT2D eigenvalue weighted by atomic mass is 10.1. The Balaban J connectivity index is 0.00000182. The Hall–Kier alpha value is -2.40. The number of piperazine rings is 1. The minimum atomic E-state index is 0. The molecule has 5 nitrogen and oxygen atoms in total. The van der Waals surface area contributed by atoms with Crippen LogP contribution in [0.25, 0.3) is 22.0 Å². The molecule has 1 fully saturated rings. The summed E-state index contributed by atoms with van der Waals surface area (Å²) in [5.74, 6) is 0.946. The first-order chi connectivity index (χ1) is 11.5. The third kappa shape index (κ3) is 3.00. The van der Waals surface area contributed by atoms with Crippen molar-refractivity contribution in [2.24, 2.45) is 0 Å². The van der Waals surface area contributed by atoms with E-state index < -0.39 is 0 Å². The fourth-order valence-electron chi connectivity index (χ4n) is 3.31. The van der Waals surface area contributed by atoms with Gasteiger partial charge in [0.15, 0.2) is 0 Å². The number of aryl methyl sites for hydroxylation is 1. The third-order valence-electron chi connectivity index (χ3n) is 4.79. The van der Waals surface area contributed by atoms with Crippen LogP contribution in [-0.4, -0.2) is 52.7 Å². The summed E-state index contributed by atoms with van der Waals surface area (Å²) in [5.41, 5.74) is 5.36. The van der Waals surface area contributed by atoms with Crippen molar-refractivity contribution in [2.75, 3.05) is 38.1 Å². The van der Waals surface area contributed by atoms with Crippen LogP contribution in [0.5, 0.6) is 0 Å². The summed E-state index contributed by atoms with van der Waals surface area (Å²) in [4.78, 5) is 9.63.